The Morgan fingerprint density at radius 2 is 2.03 bits per heavy atom. The highest BCUT2D eigenvalue weighted by Gasteiger charge is 2.59. The van der Waals surface area contributed by atoms with E-state index in [0.29, 0.717) is 12.0 Å². The molecule has 2 N–H and O–H groups in total. The molecule has 2 unspecified atom stereocenters. The second kappa shape index (κ2) is 6.71. The fourth-order valence-corrected chi connectivity index (χ4v) is 3.69. The van der Waals surface area contributed by atoms with Crippen molar-refractivity contribution >= 4 is 18.2 Å². The fraction of sp³-hybridized carbons (Fsp3) is 0.450. The third-order valence-corrected chi connectivity index (χ3v) is 5.89. The van der Waals surface area contributed by atoms with Crippen molar-refractivity contribution in [2.75, 3.05) is 0 Å². The predicted molar refractivity (Wildman–Crippen MR) is 103 cm³/mol. The Morgan fingerprint density at radius 1 is 1.29 bits per heavy atom. The van der Waals surface area contributed by atoms with Crippen molar-refractivity contribution in [3.05, 3.63) is 41.6 Å². The number of ether oxygens (including phenoxy) is 2. The standard InChI is InChI=1S/C20H21F3N4O4/c1-4-17(2)15(28)27(16(29)26-17)20(24-8-5-9-25-20)31-13-7-6-12-11-30-18(3,14(12)10-13)19(21,22)23/h5-10,24H,4,11H2,1-3H3,(H,26,29)/t17-,18?,20?/m1/s1. The zero-order chi connectivity index (χ0) is 22.7. The van der Waals surface area contributed by atoms with Crippen LogP contribution in [-0.2, 0) is 21.7 Å². The molecule has 3 amide bonds. The Balaban J connectivity index is 1.74. The van der Waals surface area contributed by atoms with E-state index < -0.39 is 35.2 Å². The molecular weight excluding hydrogens is 417 g/mol. The van der Waals surface area contributed by atoms with Crippen LogP contribution in [0.15, 0.2) is 35.5 Å². The van der Waals surface area contributed by atoms with E-state index in [-0.39, 0.29) is 17.9 Å². The van der Waals surface area contributed by atoms with E-state index in [2.05, 4.69) is 15.6 Å². The normalized spacial score (nSPS) is 32.1. The van der Waals surface area contributed by atoms with Gasteiger partial charge in [-0.3, -0.25) is 4.79 Å². The number of alkyl halides is 3. The minimum Gasteiger partial charge on any atom is -0.431 e. The molecule has 166 valence electrons. The summed E-state index contributed by atoms with van der Waals surface area (Å²) in [4.78, 5) is 30.7. The molecule has 0 saturated carbocycles. The molecule has 3 aliphatic heterocycles. The summed E-state index contributed by atoms with van der Waals surface area (Å²) in [5.74, 6) is -2.60. The molecule has 0 radical (unpaired) electrons. The number of rotatable bonds is 4. The van der Waals surface area contributed by atoms with Gasteiger partial charge in [0.05, 0.1) is 6.61 Å². The van der Waals surface area contributed by atoms with Crippen LogP contribution in [0, 0.1) is 0 Å². The van der Waals surface area contributed by atoms with E-state index in [1.54, 1.807) is 13.8 Å². The second-order valence-corrected chi connectivity index (χ2v) is 7.89. The molecule has 4 rings (SSSR count). The quantitative estimate of drug-likeness (QED) is 0.706. The maximum Gasteiger partial charge on any atom is 0.421 e. The van der Waals surface area contributed by atoms with Crippen molar-refractivity contribution < 1.29 is 32.2 Å². The topological polar surface area (TPSA) is 92.3 Å². The van der Waals surface area contributed by atoms with E-state index >= 15 is 0 Å². The molecule has 0 aliphatic carbocycles. The maximum atomic E-state index is 13.6. The Kier molecular flexibility index (Phi) is 4.58. The molecule has 11 heteroatoms. The van der Waals surface area contributed by atoms with Gasteiger partial charge in [-0.1, -0.05) is 13.0 Å². The number of allylic oxidation sites excluding steroid dienone is 1. The molecule has 1 saturated heterocycles. The number of hydrogen-bond acceptors (Lipinski definition) is 6. The summed E-state index contributed by atoms with van der Waals surface area (Å²) < 4.78 is 51.9. The minimum atomic E-state index is -4.65. The van der Waals surface area contributed by atoms with E-state index in [9.17, 15) is 22.8 Å². The molecule has 3 heterocycles. The number of nitrogens with one attached hydrogen (secondary N) is 2. The lowest BCUT2D eigenvalue weighted by Crippen LogP contribution is -2.63. The van der Waals surface area contributed by atoms with Crippen molar-refractivity contribution in [1.82, 2.24) is 15.5 Å². The van der Waals surface area contributed by atoms with Crippen LogP contribution < -0.4 is 15.4 Å². The Labute approximate surface area is 176 Å². The third-order valence-electron chi connectivity index (χ3n) is 5.89. The summed E-state index contributed by atoms with van der Waals surface area (Å²) in [7, 11) is 0. The molecular formula is C20H21F3N4O4. The summed E-state index contributed by atoms with van der Waals surface area (Å²) >= 11 is 0. The number of carbonyl (C=O) groups excluding carboxylic acids is 2. The predicted octanol–water partition coefficient (Wildman–Crippen LogP) is 2.89. The summed E-state index contributed by atoms with van der Waals surface area (Å²) in [5.41, 5.74) is -3.39. The van der Waals surface area contributed by atoms with Crippen molar-refractivity contribution in [3.8, 4) is 5.75 Å². The smallest absolute Gasteiger partial charge is 0.421 e. The van der Waals surface area contributed by atoms with Crippen molar-refractivity contribution in [2.45, 2.75) is 57.1 Å². The maximum absolute atomic E-state index is 13.6. The van der Waals surface area contributed by atoms with E-state index in [0.717, 1.165) is 11.8 Å². The van der Waals surface area contributed by atoms with Gasteiger partial charge in [0, 0.05) is 18.0 Å². The number of benzene rings is 1. The van der Waals surface area contributed by atoms with Crippen LogP contribution in [0.25, 0.3) is 0 Å². The van der Waals surface area contributed by atoms with Crippen LogP contribution >= 0.6 is 0 Å². The SMILES string of the molecule is CC[C@@]1(C)NC(=O)N(C2(Oc3ccc4c(c3)C(C)(C(F)(F)F)OC4)N=CC=CN2)C1=O. The minimum absolute atomic E-state index is 0.0228. The first kappa shape index (κ1) is 21.2. The van der Waals surface area contributed by atoms with E-state index in [4.69, 9.17) is 9.47 Å². The summed E-state index contributed by atoms with van der Waals surface area (Å²) in [6, 6.07) is 3.36. The number of halogens is 3. The summed E-state index contributed by atoms with van der Waals surface area (Å²) in [6.07, 6.45) is -0.0487. The molecule has 8 nitrogen and oxygen atoms in total. The van der Waals surface area contributed by atoms with Gasteiger partial charge in [-0.2, -0.15) is 18.1 Å². The lowest BCUT2D eigenvalue weighted by molar-refractivity contribution is -0.272. The number of amides is 3. The van der Waals surface area contributed by atoms with Crippen molar-refractivity contribution in [1.29, 1.82) is 0 Å². The van der Waals surface area contributed by atoms with Crippen LogP contribution in [0.5, 0.6) is 5.75 Å². The van der Waals surface area contributed by atoms with Crippen LogP contribution in [0.1, 0.15) is 38.3 Å². The average Bonchev–Trinajstić information content (AvgIpc) is 3.17. The molecule has 1 aromatic carbocycles. The highest BCUT2D eigenvalue weighted by molar-refractivity contribution is 6.07. The Morgan fingerprint density at radius 3 is 2.61 bits per heavy atom. The molecule has 31 heavy (non-hydrogen) atoms. The molecule has 0 aromatic heterocycles. The lowest BCUT2D eigenvalue weighted by Gasteiger charge is -2.37. The van der Waals surface area contributed by atoms with E-state index in [1.807, 2.05) is 0 Å². The highest BCUT2D eigenvalue weighted by Crippen LogP contribution is 2.49. The van der Waals surface area contributed by atoms with Crippen LogP contribution in [0.4, 0.5) is 18.0 Å². The van der Waals surface area contributed by atoms with Gasteiger partial charge in [-0.05, 0) is 44.0 Å². The monoisotopic (exact) mass is 438 g/mol. The fourth-order valence-electron chi connectivity index (χ4n) is 3.69. The van der Waals surface area contributed by atoms with Gasteiger partial charge in [0.15, 0.2) is 5.60 Å². The van der Waals surface area contributed by atoms with Crippen LogP contribution in [-0.4, -0.2) is 40.7 Å². The Hall–Kier alpha value is -3.08. The van der Waals surface area contributed by atoms with Crippen LogP contribution in [0.3, 0.4) is 0 Å². The first-order valence-electron chi connectivity index (χ1n) is 9.64. The van der Waals surface area contributed by atoms with Gasteiger partial charge in [0.2, 0.25) is 0 Å². The number of fused-ring (bicyclic) bond motifs is 1. The van der Waals surface area contributed by atoms with Gasteiger partial charge in [-0.25, -0.2) is 9.79 Å². The van der Waals surface area contributed by atoms with Gasteiger partial charge in [-0.15, -0.1) is 0 Å². The first-order chi connectivity index (χ1) is 14.5. The van der Waals surface area contributed by atoms with Crippen molar-refractivity contribution in [2.24, 2.45) is 4.99 Å². The third kappa shape index (κ3) is 3.06. The van der Waals surface area contributed by atoms with Gasteiger partial charge in [0.25, 0.3) is 5.91 Å². The molecule has 3 aliphatic rings. The number of carbonyl (C=O) groups is 2. The Bertz CT molecular complexity index is 1010. The number of urea groups is 1. The number of hydrogen-bond donors (Lipinski definition) is 2. The highest BCUT2D eigenvalue weighted by atomic mass is 19.4. The average molecular weight is 438 g/mol. The first-order valence-corrected chi connectivity index (χ1v) is 9.64. The molecule has 1 fully saturated rings. The lowest BCUT2D eigenvalue weighted by atomic mass is 9.93. The molecule has 3 atom stereocenters. The second-order valence-electron chi connectivity index (χ2n) is 7.89. The summed E-state index contributed by atoms with van der Waals surface area (Å²) in [6.45, 7) is 4.07. The van der Waals surface area contributed by atoms with Gasteiger partial charge >= 0.3 is 18.2 Å². The molecule has 0 bridgehead atoms. The van der Waals surface area contributed by atoms with E-state index in [1.165, 1.54) is 36.7 Å². The zero-order valence-corrected chi connectivity index (χ0v) is 17.0. The number of imide groups is 1. The number of nitrogens with zero attached hydrogens (tertiary/aromatic N) is 2. The van der Waals surface area contributed by atoms with Crippen molar-refractivity contribution in [3.63, 3.8) is 0 Å². The zero-order valence-electron chi connectivity index (χ0n) is 17.0. The largest absolute Gasteiger partial charge is 0.431 e. The molecule has 0 spiro atoms. The van der Waals surface area contributed by atoms with Gasteiger partial charge in [0.1, 0.15) is 11.3 Å². The van der Waals surface area contributed by atoms with Gasteiger partial charge < -0.3 is 20.1 Å². The number of aliphatic imine (C=N–C) groups is 1. The molecule has 1 aromatic rings. The van der Waals surface area contributed by atoms with Crippen LogP contribution in [0.2, 0.25) is 0 Å². The summed E-state index contributed by atoms with van der Waals surface area (Å²) in [5, 5.41) is 5.37.